The molecule has 1 heterocycles. The summed E-state index contributed by atoms with van der Waals surface area (Å²) < 4.78 is 128. The van der Waals surface area contributed by atoms with E-state index in [1.165, 1.54) is 6.92 Å². The fraction of sp³-hybridized carbons (Fsp3) is 0.333. The van der Waals surface area contributed by atoms with Gasteiger partial charge >= 0.3 is 43.0 Å². The molecule has 18 heteroatoms. The highest BCUT2D eigenvalue weighted by atomic mass is 32.3. The second kappa shape index (κ2) is 8.40. The smallest absolute Gasteiger partial charge is 0.481 e. The van der Waals surface area contributed by atoms with E-state index in [0.717, 1.165) is 0 Å². The molecule has 10 nitrogen and oxygen atoms in total. The van der Waals surface area contributed by atoms with E-state index in [0.29, 0.717) is 12.1 Å². The molecule has 1 aromatic heterocycles. The first-order valence-electron chi connectivity index (χ1n) is 8.32. The number of ether oxygens (including phenoxy) is 1. The molecular formula is C15H12F6N2O8S2. The maximum Gasteiger partial charge on any atom is 0.517 e. The van der Waals surface area contributed by atoms with Gasteiger partial charge in [-0.3, -0.25) is 4.79 Å². The minimum Gasteiger partial charge on any atom is -0.481 e. The highest BCUT2D eigenvalue weighted by molar-refractivity contribution is 8.11. The Kier molecular flexibility index (Phi) is 6.68. The van der Waals surface area contributed by atoms with Crippen LogP contribution in [-0.2, 0) is 36.0 Å². The Morgan fingerprint density at radius 3 is 1.97 bits per heavy atom. The first kappa shape index (κ1) is 26.2. The molecule has 0 fully saturated rings. The normalized spacial score (nSPS) is 13.2. The lowest BCUT2D eigenvalue weighted by molar-refractivity contribution is -0.136. The number of nitrogens with zero attached hydrogens (tertiary/aromatic N) is 1. The standard InChI is InChI=1S/C15H12F6N2O8S2/c1-2-31-13(26)12-9(6-11(24)25)8-5-7(3-4-10(8)22-12)23(32(27,28)14(16,17)18)33(29,30)15(19,20)21/h3-5,22H,2,6H2,1H3,(H,24,25). The van der Waals surface area contributed by atoms with Gasteiger partial charge in [0, 0.05) is 16.5 Å². The summed E-state index contributed by atoms with van der Waals surface area (Å²) in [6.07, 6.45) is -1.00. The Bertz CT molecular complexity index is 1270. The highest BCUT2D eigenvalue weighted by Gasteiger charge is 2.61. The number of aliphatic carboxylic acids is 1. The number of carboxylic acids is 1. The molecule has 0 spiro atoms. The Morgan fingerprint density at radius 1 is 1.03 bits per heavy atom. The van der Waals surface area contributed by atoms with Gasteiger partial charge in [0.15, 0.2) is 0 Å². The third-order valence-electron chi connectivity index (χ3n) is 3.93. The number of benzene rings is 1. The zero-order valence-electron chi connectivity index (χ0n) is 16.0. The second-order valence-corrected chi connectivity index (χ2v) is 9.89. The summed E-state index contributed by atoms with van der Waals surface area (Å²) in [5.74, 6) is -2.72. The van der Waals surface area contributed by atoms with Gasteiger partial charge in [0.2, 0.25) is 0 Å². The number of sulfonamides is 2. The van der Waals surface area contributed by atoms with Crippen molar-refractivity contribution in [3.63, 3.8) is 0 Å². The average Bonchev–Trinajstić information content (AvgIpc) is 2.97. The molecule has 0 aliphatic rings. The van der Waals surface area contributed by atoms with Gasteiger partial charge in [0.25, 0.3) is 0 Å². The van der Waals surface area contributed by atoms with Crippen LogP contribution >= 0.6 is 0 Å². The first-order valence-corrected chi connectivity index (χ1v) is 11.2. The van der Waals surface area contributed by atoms with Gasteiger partial charge in [0.1, 0.15) is 5.69 Å². The number of rotatable bonds is 7. The van der Waals surface area contributed by atoms with E-state index in [1.54, 1.807) is 0 Å². The van der Waals surface area contributed by atoms with Gasteiger partial charge in [0.05, 0.1) is 18.7 Å². The summed E-state index contributed by atoms with van der Waals surface area (Å²) in [6.45, 7) is 1.20. The number of H-pyrrole nitrogens is 1. The van der Waals surface area contributed by atoms with Crippen LogP contribution in [0.3, 0.4) is 0 Å². The summed E-state index contributed by atoms with van der Waals surface area (Å²) in [4.78, 5) is 25.6. The Balaban J connectivity index is 2.92. The summed E-state index contributed by atoms with van der Waals surface area (Å²) in [5, 5.41) is 8.54. The predicted molar refractivity (Wildman–Crippen MR) is 98.0 cm³/mol. The lowest BCUT2D eigenvalue weighted by Gasteiger charge is -2.25. The fourth-order valence-electron chi connectivity index (χ4n) is 2.66. The van der Waals surface area contributed by atoms with Gasteiger partial charge in [-0.1, -0.05) is 0 Å². The lowest BCUT2D eigenvalue weighted by atomic mass is 10.1. The van der Waals surface area contributed by atoms with Crippen LogP contribution in [0.2, 0.25) is 0 Å². The molecule has 0 atom stereocenters. The van der Waals surface area contributed by atoms with Crippen molar-refractivity contribution in [2.45, 2.75) is 24.4 Å². The molecule has 0 amide bonds. The molecule has 2 N–H and O–H groups in total. The van der Waals surface area contributed by atoms with E-state index in [-0.39, 0.29) is 18.2 Å². The van der Waals surface area contributed by atoms with Crippen LogP contribution in [-0.4, -0.2) is 56.5 Å². The van der Waals surface area contributed by atoms with Crippen LogP contribution in [0.15, 0.2) is 18.2 Å². The van der Waals surface area contributed by atoms with Crippen molar-refractivity contribution in [3.05, 3.63) is 29.5 Å². The lowest BCUT2D eigenvalue weighted by Crippen LogP contribution is -2.49. The molecular weight excluding hydrogens is 514 g/mol. The van der Waals surface area contributed by atoms with Crippen LogP contribution in [0.5, 0.6) is 0 Å². The summed E-state index contributed by atoms with van der Waals surface area (Å²) in [6, 6.07) is 1.23. The van der Waals surface area contributed by atoms with Crippen molar-refractivity contribution in [1.82, 2.24) is 4.98 Å². The molecule has 0 aliphatic heterocycles. The van der Waals surface area contributed by atoms with Crippen molar-refractivity contribution in [2.24, 2.45) is 0 Å². The molecule has 0 unspecified atom stereocenters. The maximum atomic E-state index is 13.0. The van der Waals surface area contributed by atoms with Crippen molar-refractivity contribution < 1.29 is 62.6 Å². The zero-order valence-corrected chi connectivity index (χ0v) is 17.6. The SMILES string of the molecule is CCOC(=O)c1[nH]c2ccc(N(S(=O)(=O)C(F)(F)F)S(=O)(=O)C(F)(F)F)cc2c1CC(=O)O. The number of carbonyl (C=O) groups is 2. The maximum absolute atomic E-state index is 13.0. The van der Waals surface area contributed by atoms with Gasteiger partial charge in [-0.25, -0.2) is 4.79 Å². The minimum absolute atomic E-state index is 0.187. The number of hydrogen-bond donors (Lipinski definition) is 2. The van der Waals surface area contributed by atoms with Crippen molar-refractivity contribution >= 4 is 48.6 Å². The zero-order chi connectivity index (χ0) is 25.6. The number of fused-ring (bicyclic) bond motifs is 1. The van der Waals surface area contributed by atoms with Crippen LogP contribution in [0.1, 0.15) is 23.0 Å². The Morgan fingerprint density at radius 2 is 1.55 bits per heavy atom. The number of hydrogen-bond acceptors (Lipinski definition) is 7. The number of aromatic nitrogens is 1. The predicted octanol–water partition coefficient (Wildman–Crippen LogP) is 2.48. The number of carbonyl (C=O) groups excluding carboxylic acids is 1. The number of esters is 1. The summed E-state index contributed by atoms with van der Waals surface area (Å²) >= 11 is 0. The fourth-order valence-corrected chi connectivity index (χ4v) is 5.36. The highest BCUT2D eigenvalue weighted by Crippen LogP contribution is 2.40. The molecule has 1 aromatic carbocycles. The topological polar surface area (TPSA) is 151 Å². The molecule has 0 radical (unpaired) electrons. The third-order valence-corrected chi connectivity index (χ3v) is 7.57. The van der Waals surface area contributed by atoms with Crippen LogP contribution in [0.25, 0.3) is 10.9 Å². The molecule has 184 valence electrons. The van der Waals surface area contributed by atoms with Gasteiger partial charge in [-0.2, -0.15) is 43.2 Å². The van der Waals surface area contributed by atoms with Crippen molar-refractivity contribution in [2.75, 3.05) is 10.3 Å². The molecule has 2 rings (SSSR count). The van der Waals surface area contributed by atoms with E-state index in [4.69, 9.17) is 9.84 Å². The first-order chi connectivity index (χ1) is 14.9. The van der Waals surface area contributed by atoms with Gasteiger partial charge < -0.3 is 14.8 Å². The van der Waals surface area contributed by atoms with Crippen molar-refractivity contribution in [3.8, 4) is 0 Å². The monoisotopic (exact) mass is 526 g/mol. The van der Waals surface area contributed by atoms with Gasteiger partial charge in [-0.15, -0.1) is 3.71 Å². The van der Waals surface area contributed by atoms with Crippen LogP contribution in [0, 0.1) is 0 Å². The van der Waals surface area contributed by atoms with Crippen LogP contribution in [0.4, 0.5) is 32.0 Å². The molecule has 0 saturated heterocycles. The molecule has 0 aliphatic carbocycles. The average molecular weight is 526 g/mol. The van der Waals surface area contributed by atoms with Crippen molar-refractivity contribution in [1.29, 1.82) is 0 Å². The third kappa shape index (κ3) is 4.70. The Labute approximate surface area is 180 Å². The van der Waals surface area contributed by atoms with E-state index >= 15 is 0 Å². The molecule has 2 aromatic rings. The molecule has 33 heavy (non-hydrogen) atoms. The minimum atomic E-state index is -7.15. The number of aromatic amines is 1. The Hall–Kier alpha value is -3.02. The number of alkyl halides is 6. The quantitative estimate of drug-likeness (QED) is 0.413. The number of nitrogens with one attached hydrogen (secondary N) is 1. The van der Waals surface area contributed by atoms with E-state index in [9.17, 15) is 52.8 Å². The van der Waals surface area contributed by atoms with Gasteiger partial charge in [-0.05, 0) is 25.1 Å². The van der Waals surface area contributed by atoms with Crippen LogP contribution < -0.4 is 3.71 Å². The molecule has 0 bridgehead atoms. The summed E-state index contributed by atoms with van der Waals surface area (Å²) in [7, 11) is -14.3. The van der Waals surface area contributed by atoms with E-state index in [2.05, 4.69) is 4.98 Å². The number of halogens is 6. The number of carboxylic acid groups (broad SMARTS) is 1. The summed E-state index contributed by atoms with van der Waals surface area (Å²) in [5.41, 5.74) is -15.8. The second-order valence-electron chi connectivity index (χ2n) is 6.10. The number of anilines is 1. The largest absolute Gasteiger partial charge is 0.517 e. The van der Waals surface area contributed by atoms with E-state index in [1.807, 2.05) is 0 Å². The van der Waals surface area contributed by atoms with E-state index < -0.39 is 75.5 Å². The molecule has 0 saturated carbocycles.